The van der Waals surface area contributed by atoms with E-state index in [1.165, 1.54) is 44.9 Å². The van der Waals surface area contributed by atoms with Crippen molar-refractivity contribution in [3.8, 4) is 0 Å². The predicted molar refractivity (Wildman–Crippen MR) is 128 cm³/mol. The first-order valence-electron chi connectivity index (χ1n) is 12.6. The second-order valence-corrected chi connectivity index (χ2v) is 7.77. The van der Waals surface area contributed by atoms with Crippen molar-refractivity contribution in [3.63, 3.8) is 0 Å². The van der Waals surface area contributed by atoms with E-state index in [1.54, 1.807) is 0 Å². The van der Waals surface area contributed by atoms with Crippen molar-refractivity contribution in [3.05, 3.63) is 0 Å². The number of carboxylic acids is 1. The lowest BCUT2D eigenvalue weighted by Gasteiger charge is -2.08. The van der Waals surface area contributed by atoms with E-state index < -0.39 is 12.6 Å². The summed E-state index contributed by atoms with van der Waals surface area (Å²) in [5.41, 5.74) is 0. The number of ether oxygens (including phenoxy) is 6. The molecule has 0 aromatic rings. The minimum Gasteiger partial charge on any atom is -0.480 e. The van der Waals surface area contributed by atoms with Gasteiger partial charge in [0.05, 0.1) is 59.5 Å². The van der Waals surface area contributed by atoms with Gasteiger partial charge in [-0.1, -0.05) is 51.9 Å². The molecule has 0 aliphatic carbocycles. The molecule has 0 radical (unpaired) electrons. The SMILES string of the molecule is CCCCCCCCCCOCCOCCOCCOCCOCCNC(=O)COCC(=O)O. The number of carboxylic acid groups (broad SMARTS) is 1. The maximum absolute atomic E-state index is 11.3. The Bertz CT molecular complexity index is 452. The highest BCUT2D eigenvalue weighted by atomic mass is 16.6. The van der Waals surface area contributed by atoms with Crippen molar-refractivity contribution >= 4 is 11.9 Å². The summed E-state index contributed by atoms with van der Waals surface area (Å²) in [5.74, 6) is -1.49. The molecule has 0 saturated carbocycles. The monoisotopic (exact) mass is 493 g/mol. The Kier molecular flexibility index (Phi) is 26.9. The van der Waals surface area contributed by atoms with Gasteiger partial charge in [0.15, 0.2) is 0 Å². The first kappa shape index (κ1) is 32.7. The summed E-state index contributed by atoms with van der Waals surface area (Å²) in [7, 11) is 0. The van der Waals surface area contributed by atoms with E-state index in [2.05, 4.69) is 17.0 Å². The first-order chi connectivity index (χ1) is 16.7. The fourth-order valence-corrected chi connectivity index (χ4v) is 2.86. The number of nitrogens with one attached hydrogen (secondary N) is 1. The molecule has 0 aromatic carbocycles. The van der Waals surface area contributed by atoms with Crippen LogP contribution in [0.4, 0.5) is 0 Å². The highest BCUT2D eigenvalue weighted by Gasteiger charge is 2.03. The number of carbonyl (C=O) groups is 2. The molecule has 0 fully saturated rings. The van der Waals surface area contributed by atoms with Gasteiger partial charge in [-0.2, -0.15) is 0 Å². The standard InChI is InChI=1S/C24H47NO9/c1-2-3-4-5-6-7-8-9-11-29-13-15-31-17-19-33-20-18-32-16-14-30-12-10-25-23(26)21-34-22-24(27)28/h2-22H2,1H3,(H,25,26)(H,27,28). The van der Waals surface area contributed by atoms with Gasteiger partial charge in [-0.25, -0.2) is 4.79 Å². The van der Waals surface area contributed by atoms with Crippen molar-refractivity contribution in [2.24, 2.45) is 0 Å². The van der Waals surface area contributed by atoms with Gasteiger partial charge < -0.3 is 38.8 Å². The van der Waals surface area contributed by atoms with E-state index in [0.717, 1.165) is 13.0 Å². The third kappa shape index (κ3) is 28.7. The van der Waals surface area contributed by atoms with E-state index in [1.807, 2.05) is 0 Å². The maximum Gasteiger partial charge on any atom is 0.329 e. The molecule has 0 aliphatic rings. The highest BCUT2D eigenvalue weighted by Crippen LogP contribution is 2.08. The number of amides is 1. The molecule has 1 amide bonds. The smallest absolute Gasteiger partial charge is 0.329 e. The van der Waals surface area contributed by atoms with Gasteiger partial charge in [0.25, 0.3) is 0 Å². The van der Waals surface area contributed by atoms with E-state index in [-0.39, 0.29) is 12.5 Å². The predicted octanol–water partition coefficient (Wildman–Crippen LogP) is 2.43. The van der Waals surface area contributed by atoms with Crippen LogP contribution in [-0.2, 0) is 38.0 Å². The van der Waals surface area contributed by atoms with Crippen molar-refractivity contribution in [1.82, 2.24) is 5.32 Å². The molecule has 202 valence electrons. The van der Waals surface area contributed by atoms with E-state index in [4.69, 9.17) is 28.8 Å². The number of hydrogen-bond acceptors (Lipinski definition) is 8. The molecule has 0 atom stereocenters. The summed E-state index contributed by atoms with van der Waals surface area (Å²) < 4.78 is 31.9. The van der Waals surface area contributed by atoms with Crippen molar-refractivity contribution in [2.45, 2.75) is 58.3 Å². The minimum absolute atomic E-state index is 0.284. The third-order valence-corrected chi connectivity index (χ3v) is 4.66. The zero-order valence-electron chi connectivity index (χ0n) is 21.1. The van der Waals surface area contributed by atoms with Crippen molar-refractivity contribution in [2.75, 3.05) is 85.8 Å². The number of carbonyl (C=O) groups excluding carboxylic acids is 1. The fourth-order valence-electron chi connectivity index (χ4n) is 2.86. The van der Waals surface area contributed by atoms with Gasteiger partial charge in [-0.05, 0) is 6.42 Å². The van der Waals surface area contributed by atoms with Gasteiger partial charge >= 0.3 is 5.97 Å². The number of unbranched alkanes of at least 4 members (excludes halogenated alkanes) is 7. The Morgan fingerprint density at radius 1 is 0.559 bits per heavy atom. The molecule has 2 N–H and O–H groups in total. The summed E-state index contributed by atoms with van der Waals surface area (Å²) in [6.45, 7) is 7.03. The molecule has 0 unspecified atom stereocenters. The fraction of sp³-hybridized carbons (Fsp3) is 0.917. The summed E-state index contributed by atoms with van der Waals surface area (Å²) in [4.78, 5) is 21.6. The molecule has 0 bridgehead atoms. The molecular formula is C24H47NO9. The Hall–Kier alpha value is -1.30. The van der Waals surface area contributed by atoms with Crippen LogP contribution in [0, 0.1) is 0 Å². The van der Waals surface area contributed by atoms with Crippen LogP contribution < -0.4 is 5.32 Å². The average molecular weight is 494 g/mol. The van der Waals surface area contributed by atoms with Crippen LogP contribution in [0.15, 0.2) is 0 Å². The molecular weight excluding hydrogens is 446 g/mol. The van der Waals surface area contributed by atoms with Crippen molar-refractivity contribution in [1.29, 1.82) is 0 Å². The Balaban J connectivity index is 3.09. The lowest BCUT2D eigenvalue weighted by Crippen LogP contribution is -2.31. The molecule has 10 nitrogen and oxygen atoms in total. The van der Waals surface area contributed by atoms with Crippen LogP contribution in [0.2, 0.25) is 0 Å². The lowest BCUT2D eigenvalue weighted by atomic mass is 10.1. The highest BCUT2D eigenvalue weighted by molar-refractivity contribution is 5.77. The van der Waals surface area contributed by atoms with Crippen LogP contribution in [0.1, 0.15) is 58.3 Å². The van der Waals surface area contributed by atoms with Gasteiger partial charge in [0, 0.05) is 13.2 Å². The number of rotatable bonds is 28. The van der Waals surface area contributed by atoms with E-state index in [9.17, 15) is 9.59 Å². The number of aliphatic carboxylic acids is 1. The molecule has 0 spiro atoms. The van der Waals surface area contributed by atoms with Crippen LogP contribution in [-0.4, -0.2) is 103 Å². The second kappa shape index (κ2) is 27.9. The summed E-state index contributed by atoms with van der Waals surface area (Å²) in [6, 6.07) is 0. The van der Waals surface area contributed by atoms with Gasteiger partial charge in [0.1, 0.15) is 13.2 Å². The zero-order valence-corrected chi connectivity index (χ0v) is 21.1. The summed E-state index contributed by atoms with van der Waals surface area (Å²) in [5, 5.41) is 10.9. The maximum atomic E-state index is 11.3. The van der Waals surface area contributed by atoms with E-state index >= 15 is 0 Å². The van der Waals surface area contributed by atoms with Crippen LogP contribution in [0.3, 0.4) is 0 Å². The van der Waals surface area contributed by atoms with Gasteiger partial charge in [0.2, 0.25) is 5.91 Å². The Morgan fingerprint density at radius 3 is 1.50 bits per heavy atom. The Morgan fingerprint density at radius 2 is 1.00 bits per heavy atom. The molecule has 10 heteroatoms. The van der Waals surface area contributed by atoms with Crippen LogP contribution >= 0.6 is 0 Å². The topological polar surface area (TPSA) is 122 Å². The third-order valence-electron chi connectivity index (χ3n) is 4.66. The quantitative estimate of drug-likeness (QED) is 0.158. The zero-order chi connectivity index (χ0) is 25.0. The van der Waals surface area contributed by atoms with Crippen LogP contribution in [0.25, 0.3) is 0 Å². The normalized spacial score (nSPS) is 11.1. The average Bonchev–Trinajstić information content (AvgIpc) is 2.81. The van der Waals surface area contributed by atoms with Crippen LogP contribution in [0.5, 0.6) is 0 Å². The molecule has 0 aliphatic heterocycles. The van der Waals surface area contributed by atoms with Crippen molar-refractivity contribution < 1.29 is 43.1 Å². The largest absolute Gasteiger partial charge is 0.480 e. The Labute approximate surface area is 204 Å². The number of hydrogen-bond donors (Lipinski definition) is 2. The minimum atomic E-state index is -1.11. The summed E-state index contributed by atoms with van der Waals surface area (Å²) >= 11 is 0. The molecule has 0 aromatic heterocycles. The van der Waals surface area contributed by atoms with Gasteiger partial charge in [-0.15, -0.1) is 0 Å². The molecule has 34 heavy (non-hydrogen) atoms. The molecule has 0 heterocycles. The summed E-state index contributed by atoms with van der Waals surface area (Å²) in [6.07, 6.45) is 10.4. The molecule has 0 saturated heterocycles. The van der Waals surface area contributed by atoms with E-state index in [0.29, 0.717) is 66.0 Å². The lowest BCUT2D eigenvalue weighted by molar-refractivity contribution is -0.143. The first-order valence-corrected chi connectivity index (χ1v) is 12.6. The van der Waals surface area contributed by atoms with Gasteiger partial charge in [-0.3, -0.25) is 4.79 Å². The molecule has 0 rings (SSSR count). The second-order valence-electron chi connectivity index (χ2n) is 7.77.